The van der Waals surface area contributed by atoms with Crippen molar-refractivity contribution in [3.05, 3.63) is 82.9 Å². The summed E-state index contributed by atoms with van der Waals surface area (Å²) in [6.45, 7) is 7.41. The molecule has 0 fully saturated rings. The van der Waals surface area contributed by atoms with Crippen LogP contribution in [-0.2, 0) is 5.92 Å². The summed E-state index contributed by atoms with van der Waals surface area (Å²) in [7, 11) is 0. The monoisotopic (exact) mass is 398 g/mol. The topological polar surface area (TPSA) is 0 Å². The van der Waals surface area contributed by atoms with Crippen LogP contribution in [-0.4, -0.2) is 6.18 Å². The SMILES string of the molecule is C=C(C)c1ccc(/C(F)=C/C(c2cccc(C)c2)C(F)(F)F)cc1C(C)(F)F. The van der Waals surface area contributed by atoms with Gasteiger partial charge in [-0.25, -0.2) is 13.2 Å². The van der Waals surface area contributed by atoms with Gasteiger partial charge in [-0.2, -0.15) is 13.2 Å². The van der Waals surface area contributed by atoms with E-state index in [0.717, 1.165) is 6.07 Å². The minimum absolute atomic E-state index is 0.123. The summed E-state index contributed by atoms with van der Waals surface area (Å²) in [6.07, 6.45) is -4.32. The summed E-state index contributed by atoms with van der Waals surface area (Å²) in [5, 5.41) is 0. The van der Waals surface area contributed by atoms with Crippen molar-refractivity contribution >= 4 is 11.4 Å². The summed E-state index contributed by atoms with van der Waals surface area (Å²) >= 11 is 0. The molecule has 0 saturated carbocycles. The van der Waals surface area contributed by atoms with Gasteiger partial charge in [0.15, 0.2) is 0 Å². The third-order valence-corrected chi connectivity index (χ3v) is 4.29. The highest BCUT2D eigenvalue weighted by Crippen LogP contribution is 2.40. The van der Waals surface area contributed by atoms with Gasteiger partial charge in [0.1, 0.15) is 11.7 Å². The van der Waals surface area contributed by atoms with Crippen LogP contribution in [0.3, 0.4) is 0 Å². The summed E-state index contributed by atoms with van der Waals surface area (Å²) < 4.78 is 83.1. The minimum atomic E-state index is -4.74. The Hall–Kier alpha value is -2.50. The van der Waals surface area contributed by atoms with E-state index in [0.29, 0.717) is 24.1 Å². The Morgan fingerprint density at radius 3 is 2.18 bits per heavy atom. The molecule has 0 aliphatic rings. The summed E-state index contributed by atoms with van der Waals surface area (Å²) in [6, 6.07) is 8.94. The van der Waals surface area contributed by atoms with Crippen molar-refractivity contribution in [1.82, 2.24) is 0 Å². The van der Waals surface area contributed by atoms with Crippen molar-refractivity contribution in [3.63, 3.8) is 0 Å². The molecule has 0 N–H and O–H groups in total. The van der Waals surface area contributed by atoms with E-state index in [-0.39, 0.29) is 16.7 Å². The van der Waals surface area contributed by atoms with Crippen LogP contribution in [0.15, 0.2) is 55.1 Å². The predicted octanol–water partition coefficient (Wildman–Crippen LogP) is 7.80. The van der Waals surface area contributed by atoms with Gasteiger partial charge in [-0.05, 0) is 37.1 Å². The zero-order valence-corrected chi connectivity index (χ0v) is 15.7. The molecule has 1 unspecified atom stereocenters. The zero-order chi connectivity index (χ0) is 21.3. The lowest BCUT2D eigenvalue weighted by Gasteiger charge is -2.19. The first-order chi connectivity index (χ1) is 12.8. The van der Waals surface area contributed by atoms with E-state index < -0.39 is 29.4 Å². The quantitative estimate of drug-likeness (QED) is 0.451. The highest BCUT2D eigenvalue weighted by atomic mass is 19.4. The van der Waals surface area contributed by atoms with Crippen molar-refractivity contribution in [3.8, 4) is 0 Å². The van der Waals surface area contributed by atoms with Gasteiger partial charge in [-0.3, -0.25) is 0 Å². The van der Waals surface area contributed by atoms with Crippen molar-refractivity contribution in [2.24, 2.45) is 0 Å². The van der Waals surface area contributed by atoms with Gasteiger partial charge in [0.05, 0.1) is 0 Å². The lowest BCUT2D eigenvalue weighted by Crippen LogP contribution is -2.19. The molecule has 0 bridgehead atoms. The van der Waals surface area contributed by atoms with E-state index in [1.807, 2.05) is 0 Å². The Balaban J connectivity index is 2.57. The van der Waals surface area contributed by atoms with E-state index in [9.17, 15) is 26.3 Å². The molecule has 2 aromatic rings. The third kappa shape index (κ3) is 5.06. The molecular weight excluding hydrogens is 378 g/mol. The van der Waals surface area contributed by atoms with Gasteiger partial charge in [0.2, 0.25) is 0 Å². The zero-order valence-electron chi connectivity index (χ0n) is 15.7. The van der Waals surface area contributed by atoms with Gasteiger partial charge in [0.25, 0.3) is 5.92 Å². The van der Waals surface area contributed by atoms with Gasteiger partial charge >= 0.3 is 6.18 Å². The Kier molecular flexibility index (Phi) is 6.12. The van der Waals surface area contributed by atoms with Crippen LogP contribution in [0.1, 0.15) is 47.6 Å². The molecule has 6 heteroatoms. The Morgan fingerprint density at radius 2 is 1.68 bits per heavy atom. The molecule has 0 spiro atoms. The van der Waals surface area contributed by atoms with E-state index in [1.54, 1.807) is 13.0 Å². The van der Waals surface area contributed by atoms with E-state index in [4.69, 9.17) is 0 Å². The summed E-state index contributed by atoms with van der Waals surface area (Å²) in [5.74, 6) is -6.72. The molecule has 2 rings (SSSR count). The van der Waals surface area contributed by atoms with Crippen molar-refractivity contribution in [2.75, 3.05) is 0 Å². The number of hydrogen-bond donors (Lipinski definition) is 0. The largest absolute Gasteiger partial charge is 0.399 e. The van der Waals surface area contributed by atoms with Crippen LogP contribution in [0.2, 0.25) is 0 Å². The average molecular weight is 398 g/mol. The number of benzene rings is 2. The summed E-state index contributed by atoms with van der Waals surface area (Å²) in [5.41, 5.74) is 0.126. The molecule has 0 radical (unpaired) electrons. The lowest BCUT2D eigenvalue weighted by molar-refractivity contribution is -0.139. The van der Waals surface area contributed by atoms with Crippen LogP contribution >= 0.6 is 0 Å². The number of alkyl halides is 5. The third-order valence-electron chi connectivity index (χ3n) is 4.29. The van der Waals surface area contributed by atoms with Crippen LogP contribution in [0, 0.1) is 6.92 Å². The Bertz CT molecular complexity index is 900. The highest BCUT2D eigenvalue weighted by molar-refractivity contribution is 5.70. The number of halogens is 6. The molecular formula is C22H20F6. The molecule has 0 aliphatic carbocycles. The van der Waals surface area contributed by atoms with E-state index in [2.05, 4.69) is 6.58 Å². The first-order valence-electron chi connectivity index (χ1n) is 8.50. The fraction of sp³-hybridized carbons (Fsp3) is 0.273. The number of aryl methyl sites for hydroxylation is 1. The van der Waals surface area contributed by atoms with E-state index >= 15 is 0 Å². The molecule has 0 heterocycles. The second kappa shape index (κ2) is 7.86. The normalized spacial score (nSPS) is 14.1. The Labute approximate surface area is 160 Å². The van der Waals surface area contributed by atoms with Crippen molar-refractivity contribution < 1.29 is 26.3 Å². The average Bonchev–Trinajstić information content (AvgIpc) is 2.57. The van der Waals surface area contributed by atoms with Crippen LogP contribution in [0.25, 0.3) is 11.4 Å². The van der Waals surface area contributed by atoms with Crippen molar-refractivity contribution in [2.45, 2.75) is 38.8 Å². The van der Waals surface area contributed by atoms with Crippen LogP contribution < -0.4 is 0 Å². The number of hydrogen-bond acceptors (Lipinski definition) is 0. The summed E-state index contributed by atoms with van der Waals surface area (Å²) in [4.78, 5) is 0. The van der Waals surface area contributed by atoms with Crippen molar-refractivity contribution in [1.29, 1.82) is 0 Å². The van der Waals surface area contributed by atoms with Gasteiger partial charge in [0, 0.05) is 18.1 Å². The maximum Gasteiger partial charge on any atom is 0.399 e. The maximum absolute atomic E-state index is 14.7. The Morgan fingerprint density at radius 1 is 1.04 bits per heavy atom. The van der Waals surface area contributed by atoms with Gasteiger partial charge in [-0.1, -0.05) is 54.1 Å². The molecule has 0 saturated heterocycles. The molecule has 2 aromatic carbocycles. The van der Waals surface area contributed by atoms with Gasteiger partial charge in [-0.15, -0.1) is 0 Å². The molecule has 0 aliphatic heterocycles. The molecule has 150 valence electrons. The fourth-order valence-corrected chi connectivity index (χ4v) is 2.91. The number of allylic oxidation sites excluding steroid dienone is 2. The molecule has 1 atom stereocenters. The van der Waals surface area contributed by atoms with Gasteiger partial charge < -0.3 is 0 Å². The first-order valence-corrected chi connectivity index (χ1v) is 8.50. The van der Waals surface area contributed by atoms with Crippen LogP contribution in [0.4, 0.5) is 26.3 Å². The fourth-order valence-electron chi connectivity index (χ4n) is 2.91. The standard InChI is InChI=1S/C22H20F6/c1-13(2)17-9-8-16(11-19(17)21(4,24)25)20(23)12-18(22(26,27)28)15-7-5-6-14(3)10-15/h5-12,18H,1H2,2-4H3/b20-12-. The maximum atomic E-state index is 14.7. The molecule has 0 amide bonds. The van der Waals surface area contributed by atoms with E-state index in [1.165, 1.54) is 37.3 Å². The minimum Gasteiger partial charge on any atom is -0.207 e. The second-order valence-electron chi connectivity index (χ2n) is 6.88. The highest BCUT2D eigenvalue weighted by Gasteiger charge is 2.40. The lowest BCUT2D eigenvalue weighted by atomic mass is 9.92. The second-order valence-corrected chi connectivity index (χ2v) is 6.88. The first kappa shape index (κ1) is 21.8. The van der Waals surface area contributed by atoms with Crippen LogP contribution in [0.5, 0.6) is 0 Å². The molecule has 0 aromatic heterocycles. The predicted molar refractivity (Wildman–Crippen MR) is 99.8 cm³/mol. The number of rotatable bonds is 5. The molecule has 0 nitrogen and oxygen atoms in total. The molecule has 28 heavy (non-hydrogen) atoms. The smallest absolute Gasteiger partial charge is 0.207 e.